The number of hydrogen-bond acceptors (Lipinski definition) is 4. The number of nitrogens with one attached hydrogen (secondary N) is 1. The fourth-order valence-electron chi connectivity index (χ4n) is 4.04. The minimum absolute atomic E-state index is 0.0477. The molecule has 140 valence electrons. The number of rotatable bonds is 6. The van der Waals surface area contributed by atoms with Crippen LogP contribution in [0.15, 0.2) is 65.6 Å². The Labute approximate surface area is 165 Å². The van der Waals surface area contributed by atoms with Crippen molar-refractivity contribution in [3.05, 3.63) is 71.9 Å². The van der Waals surface area contributed by atoms with Gasteiger partial charge in [-0.15, -0.1) is 11.8 Å². The number of aromatic nitrogens is 1. The summed E-state index contributed by atoms with van der Waals surface area (Å²) in [5, 5.41) is 10.9. The van der Waals surface area contributed by atoms with E-state index < -0.39 is 0 Å². The first kappa shape index (κ1) is 18.5. The average Bonchev–Trinajstić information content (AvgIpc) is 2.74. The summed E-state index contributed by atoms with van der Waals surface area (Å²) in [6.07, 6.45) is 6.27. The molecule has 1 aliphatic rings. The number of fused-ring (bicyclic) bond motifs is 1. The number of thioether (sulfide) groups is 1. The van der Waals surface area contributed by atoms with E-state index in [9.17, 15) is 5.21 Å². The van der Waals surface area contributed by atoms with Gasteiger partial charge in [-0.25, -0.2) is 0 Å². The van der Waals surface area contributed by atoms with Gasteiger partial charge < -0.3 is 5.21 Å². The first-order chi connectivity index (χ1) is 13.3. The SMILES string of the molecule is ON[C@@H](c1ccc(SCc2ccc3ccccc3n2)cc1)C1CCCCC1. The van der Waals surface area contributed by atoms with Crippen molar-refractivity contribution in [3.8, 4) is 0 Å². The van der Waals surface area contributed by atoms with E-state index in [1.807, 2.05) is 12.1 Å². The number of para-hydroxylation sites is 1. The molecule has 0 spiro atoms. The summed E-state index contributed by atoms with van der Waals surface area (Å²) in [5.74, 6) is 1.39. The second kappa shape index (κ2) is 8.87. The largest absolute Gasteiger partial charge is 0.316 e. The van der Waals surface area contributed by atoms with Crippen LogP contribution in [0.2, 0.25) is 0 Å². The molecule has 0 amide bonds. The van der Waals surface area contributed by atoms with E-state index in [-0.39, 0.29) is 6.04 Å². The van der Waals surface area contributed by atoms with Crippen LogP contribution >= 0.6 is 11.8 Å². The predicted octanol–water partition coefficient (Wildman–Crippen LogP) is 6.13. The smallest absolute Gasteiger partial charge is 0.0705 e. The number of benzene rings is 2. The molecule has 0 aliphatic heterocycles. The Morgan fingerprint density at radius 1 is 0.963 bits per heavy atom. The third kappa shape index (κ3) is 4.52. The monoisotopic (exact) mass is 378 g/mol. The van der Waals surface area contributed by atoms with Crippen LogP contribution in [0.1, 0.15) is 49.4 Å². The second-order valence-electron chi connectivity index (χ2n) is 7.36. The molecule has 27 heavy (non-hydrogen) atoms. The Bertz CT molecular complexity index is 875. The van der Waals surface area contributed by atoms with Crippen LogP contribution in [0.25, 0.3) is 10.9 Å². The summed E-state index contributed by atoms with van der Waals surface area (Å²) in [6.45, 7) is 0. The molecular formula is C23H26N2OS. The van der Waals surface area contributed by atoms with E-state index in [1.165, 1.54) is 47.9 Å². The summed E-state index contributed by atoms with van der Waals surface area (Å²) >= 11 is 1.80. The van der Waals surface area contributed by atoms with Crippen LogP contribution in [0.3, 0.4) is 0 Å². The fourth-order valence-corrected chi connectivity index (χ4v) is 4.84. The number of nitrogens with zero attached hydrogens (tertiary/aromatic N) is 1. The van der Waals surface area contributed by atoms with Crippen molar-refractivity contribution in [3.63, 3.8) is 0 Å². The van der Waals surface area contributed by atoms with Gasteiger partial charge >= 0.3 is 0 Å². The van der Waals surface area contributed by atoms with Crippen molar-refractivity contribution in [2.24, 2.45) is 5.92 Å². The standard InChI is InChI=1S/C23H26N2OS/c26-25-23(18-7-2-1-3-8-18)19-11-14-21(15-12-19)27-16-20-13-10-17-6-4-5-9-22(17)24-20/h4-6,9-15,18,23,25-26H,1-3,7-8,16H2/t23-/m1/s1. The Kier molecular flexibility index (Phi) is 6.07. The molecule has 1 heterocycles. The van der Waals surface area contributed by atoms with Gasteiger partial charge in [0, 0.05) is 16.0 Å². The molecule has 0 unspecified atom stereocenters. The van der Waals surface area contributed by atoms with Gasteiger partial charge in [0.15, 0.2) is 0 Å². The lowest BCUT2D eigenvalue weighted by Crippen LogP contribution is -2.27. The molecule has 3 nitrogen and oxygen atoms in total. The van der Waals surface area contributed by atoms with Crippen molar-refractivity contribution in [1.82, 2.24) is 10.5 Å². The number of hydroxylamine groups is 1. The highest BCUT2D eigenvalue weighted by atomic mass is 32.2. The Balaban J connectivity index is 1.40. The van der Waals surface area contributed by atoms with E-state index in [1.54, 1.807) is 11.8 Å². The van der Waals surface area contributed by atoms with Crippen LogP contribution in [0, 0.1) is 5.92 Å². The minimum atomic E-state index is 0.0477. The molecule has 1 atom stereocenters. The molecule has 1 saturated carbocycles. The first-order valence-electron chi connectivity index (χ1n) is 9.80. The fraction of sp³-hybridized carbons (Fsp3) is 0.348. The van der Waals surface area contributed by atoms with E-state index >= 15 is 0 Å². The second-order valence-corrected chi connectivity index (χ2v) is 8.41. The highest BCUT2D eigenvalue weighted by Gasteiger charge is 2.24. The van der Waals surface area contributed by atoms with Gasteiger partial charge in [-0.1, -0.05) is 55.7 Å². The number of hydrogen-bond donors (Lipinski definition) is 2. The summed E-state index contributed by atoms with van der Waals surface area (Å²) in [7, 11) is 0. The van der Waals surface area contributed by atoms with Crippen molar-refractivity contribution in [2.75, 3.05) is 0 Å². The van der Waals surface area contributed by atoms with Crippen molar-refractivity contribution in [2.45, 2.75) is 48.8 Å². The maximum absolute atomic E-state index is 9.68. The molecule has 1 aliphatic carbocycles. The van der Waals surface area contributed by atoms with Crippen molar-refractivity contribution >= 4 is 22.7 Å². The highest BCUT2D eigenvalue weighted by Crippen LogP contribution is 2.35. The molecule has 1 aromatic heterocycles. The molecule has 2 aromatic carbocycles. The lowest BCUT2D eigenvalue weighted by Gasteiger charge is -2.29. The van der Waals surface area contributed by atoms with E-state index in [4.69, 9.17) is 4.98 Å². The minimum Gasteiger partial charge on any atom is -0.316 e. The normalized spacial score (nSPS) is 16.5. The van der Waals surface area contributed by atoms with Crippen molar-refractivity contribution in [1.29, 1.82) is 0 Å². The topological polar surface area (TPSA) is 45.1 Å². The van der Waals surface area contributed by atoms with Crippen LogP contribution < -0.4 is 5.48 Å². The van der Waals surface area contributed by atoms with E-state index in [0.717, 1.165) is 17.0 Å². The molecule has 0 bridgehead atoms. The highest BCUT2D eigenvalue weighted by molar-refractivity contribution is 7.98. The van der Waals surface area contributed by atoms with E-state index in [0.29, 0.717) is 5.92 Å². The lowest BCUT2D eigenvalue weighted by molar-refractivity contribution is 0.0841. The van der Waals surface area contributed by atoms with Crippen molar-refractivity contribution < 1.29 is 5.21 Å². The zero-order chi connectivity index (χ0) is 18.5. The van der Waals surface area contributed by atoms with Gasteiger partial charge in [-0.2, -0.15) is 5.48 Å². The summed E-state index contributed by atoms with van der Waals surface area (Å²) in [4.78, 5) is 5.98. The Morgan fingerprint density at radius 3 is 2.52 bits per heavy atom. The summed E-state index contributed by atoms with van der Waals surface area (Å²) < 4.78 is 0. The first-order valence-corrected chi connectivity index (χ1v) is 10.8. The Hall–Kier alpha value is -1.88. The van der Waals surface area contributed by atoms with E-state index in [2.05, 4.69) is 54.0 Å². The molecule has 0 radical (unpaired) electrons. The summed E-state index contributed by atoms with van der Waals surface area (Å²) in [5.41, 5.74) is 5.89. The van der Waals surface area contributed by atoms with Gasteiger partial charge in [-0.3, -0.25) is 4.98 Å². The molecule has 0 saturated heterocycles. The van der Waals surface area contributed by atoms with Crippen LogP contribution in [0.4, 0.5) is 0 Å². The maximum atomic E-state index is 9.68. The van der Waals surface area contributed by atoms with Crippen LogP contribution in [0.5, 0.6) is 0 Å². The molecule has 2 N–H and O–H groups in total. The van der Waals surface area contributed by atoms with Gasteiger partial charge in [0.1, 0.15) is 0 Å². The molecule has 1 fully saturated rings. The molecule has 4 heteroatoms. The molecule has 3 aromatic rings. The van der Waals surface area contributed by atoms with Crippen LogP contribution in [-0.2, 0) is 5.75 Å². The van der Waals surface area contributed by atoms with Crippen LogP contribution in [-0.4, -0.2) is 10.2 Å². The van der Waals surface area contributed by atoms with Gasteiger partial charge in [0.25, 0.3) is 0 Å². The average molecular weight is 379 g/mol. The molecular weight excluding hydrogens is 352 g/mol. The van der Waals surface area contributed by atoms with Gasteiger partial charge in [-0.05, 0) is 48.6 Å². The zero-order valence-electron chi connectivity index (χ0n) is 15.5. The van der Waals surface area contributed by atoms with Gasteiger partial charge in [0.2, 0.25) is 0 Å². The number of pyridine rings is 1. The quantitative estimate of drug-likeness (QED) is 0.400. The zero-order valence-corrected chi connectivity index (χ0v) is 16.3. The predicted molar refractivity (Wildman–Crippen MR) is 112 cm³/mol. The lowest BCUT2D eigenvalue weighted by atomic mass is 9.81. The summed E-state index contributed by atoms with van der Waals surface area (Å²) in [6, 6.07) is 21.2. The Morgan fingerprint density at radius 2 is 1.74 bits per heavy atom. The third-order valence-corrected chi connectivity index (χ3v) is 6.59. The maximum Gasteiger partial charge on any atom is 0.0705 e. The third-order valence-electron chi connectivity index (χ3n) is 5.54. The molecule has 4 rings (SSSR count). The van der Waals surface area contributed by atoms with Gasteiger partial charge in [0.05, 0.1) is 17.3 Å².